The van der Waals surface area contributed by atoms with Gasteiger partial charge >= 0.3 is 5.97 Å². The first kappa shape index (κ1) is 48.1. The SMILES string of the molecule is CCn1c(-c2cccnc2[C@H](C)OC)c2c3cc(ccc31)-c1cc(O)cc(c1)C[C@H](NC(=O)C(C(C)C)N(C)C(=O)C1CCC(C3CCCO3)O1)C(=O)N1CCC[C@H](N1)C(=O)OCC(C)(C)C2. The molecule has 0 radical (unpaired) electrons. The van der Waals surface area contributed by atoms with Crippen LogP contribution in [0.5, 0.6) is 5.75 Å². The van der Waals surface area contributed by atoms with Crippen LogP contribution in [0.3, 0.4) is 0 Å². The van der Waals surface area contributed by atoms with Gasteiger partial charge in [0.25, 0.3) is 11.8 Å². The number of nitrogens with zero attached hydrogens (tertiary/aromatic N) is 4. The number of likely N-dealkylation sites (N-methyl/N-ethyl adjacent to an activating group) is 1. The average Bonchev–Trinajstić information content (AvgIpc) is 4.09. The molecule has 4 unspecified atom stereocenters. The molecule has 4 aromatic rings. The Kier molecular flexibility index (Phi) is 14.4. The Morgan fingerprint density at radius 2 is 1.84 bits per heavy atom. The lowest BCUT2D eigenvalue weighted by molar-refractivity contribution is -0.155. The number of aromatic nitrogens is 2. The lowest BCUT2D eigenvalue weighted by Gasteiger charge is -2.37. The second kappa shape index (κ2) is 20.1. The predicted molar refractivity (Wildman–Crippen MR) is 254 cm³/mol. The molecular formula is C52H68N6O9. The van der Waals surface area contributed by atoms with Crippen LogP contribution in [0.2, 0.25) is 0 Å². The molecule has 3 amide bonds. The number of aryl methyl sites for hydroxylation is 1. The summed E-state index contributed by atoms with van der Waals surface area (Å²) in [7, 11) is 3.29. The van der Waals surface area contributed by atoms with Crippen LogP contribution in [0.25, 0.3) is 33.3 Å². The summed E-state index contributed by atoms with van der Waals surface area (Å²) in [5, 5.41) is 16.8. The largest absolute Gasteiger partial charge is 0.508 e. The van der Waals surface area contributed by atoms with Gasteiger partial charge in [0.1, 0.15) is 30.0 Å². The number of pyridine rings is 1. The number of nitrogens with one attached hydrogen (secondary N) is 2. The minimum absolute atomic E-state index is 0.00317. The van der Waals surface area contributed by atoms with E-state index in [0.717, 1.165) is 57.4 Å². The van der Waals surface area contributed by atoms with E-state index >= 15 is 0 Å². The van der Waals surface area contributed by atoms with Crippen LogP contribution < -0.4 is 10.7 Å². The first-order valence-electron chi connectivity index (χ1n) is 24.1. The van der Waals surface area contributed by atoms with Crippen molar-refractivity contribution < 1.29 is 43.2 Å². The molecule has 3 N–H and O–H groups in total. The molecule has 0 aliphatic carbocycles. The number of rotatable bonds is 10. The maximum Gasteiger partial charge on any atom is 0.324 e. The molecule has 8 rings (SSSR count). The van der Waals surface area contributed by atoms with Crippen LogP contribution in [0.15, 0.2) is 54.7 Å². The normalized spacial score (nSPS) is 24.3. The summed E-state index contributed by atoms with van der Waals surface area (Å²) in [5.41, 5.74) is 9.65. The molecule has 6 heterocycles. The van der Waals surface area contributed by atoms with E-state index in [1.807, 2.05) is 39.0 Å². The van der Waals surface area contributed by atoms with Crippen LogP contribution in [-0.4, -0.2) is 119 Å². The molecule has 2 aromatic heterocycles. The number of hydrazine groups is 1. The third-order valence-electron chi connectivity index (χ3n) is 14.1. The fraction of sp³-hybridized carbons (Fsp3) is 0.558. The van der Waals surface area contributed by atoms with E-state index in [9.17, 15) is 24.3 Å². The molecule has 15 heteroatoms. The highest BCUT2D eigenvalue weighted by Crippen LogP contribution is 2.42. The van der Waals surface area contributed by atoms with Crippen molar-refractivity contribution >= 4 is 34.6 Å². The van der Waals surface area contributed by atoms with Crippen molar-refractivity contribution in [2.24, 2.45) is 11.3 Å². The van der Waals surface area contributed by atoms with Gasteiger partial charge in [-0.15, -0.1) is 0 Å². The average molecular weight is 921 g/mol. The first-order valence-corrected chi connectivity index (χ1v) is 24.1. The number of phenolic OH excluding ortho intramolecular Hbond substituents is 1. The van der Waals surface area contributed by atoms with E-state index in [4.69, 9.17) is 23.9 Å². The zero-order valence-electron chi connectivity index (χ0n) is 40.3. The maximum atomic E-state index is 14.8. The third-order valence-corrected chi connectivity index (χ3v) is 14.1. The minimum atomic E-state index is -1.14. The number of carbonyl (C=O) groups is 4. The molecular weight excluding hydrogens is 853 g/mol. The van der Waals surface area contributed by atoms with Crippen LogP contribution in [0.1, 0.15) is 103 Å². The molecule has 3 fully saturated rings. The number of carbonyl (C=O) groups excluding carboxylic acids is 4. The molecule has 0 spiro atoms. The molecule has 6 bridgehead atoms. The monoisotopic (exact) mass is 921 g/mol. The van der Waals surface area contributed by atoms with Crippen molar-refractivity contribution in [3.05, 3.63) is 71.5 Å². The molecule has 15 nitrogen and oxygen atoms in total. The van der Waals surface area contributed by atoms with Gasteiger partial charge < -0.3 is 38.8 Å². The summed E-state index contributed by atoms with van der Waals surface area (Å²) in [6.07, 6.45) is 5.23. The first-order chi connectivity index (χ1) is 32.1. The quantitative estimate of drug-likeness (QED) is 0.145. The fourth-order valence-corrected chi connectivity index (χ4v) is 10.6. The lowest BCUT2D eigenvalue weighted by Crippen LogP contribution is -2.62. The number of hydrogen-bond donors (Lipinski definition) is 3. The van der Waals surface area contributed by atoms with Crippen LogP contribution >= 0.6 is 0 Å². The van der Waals surface area contributed by atoms with E-state index < -0.39 is 47.4 Å². The van der Waals surface area contributed by atoms with Gasteiger partial charge in [0.05, 0.1) is 36.3 Å². The van der Waals surface area contributed by atoms with Gasteiger partial charge in [0.15, 0.2) is 0 Å². The minimum Gasteiger partial charge on any atom is -0.508 e. The van der Waals surface area contributed by atoms with Gasteiger partial charge in [0, 0.05) is 68.4 Å². The number of hydrogen-bond acceptors (Lipinski definition) is 11. The van der Waals surface area contributed by atoms with Crippen molar-refractivity contribution in [2.75, 3.05) is 33.9 Å². The maximum absolute atomic E-state index is 14.8. The van der Waals surface area contributed by atoms with Crippen LogP contribution in [-0.2, 0) is 57.5 Å². The smallest absolute Gasteiger partial charge is 0.324 e. The number of benzene rings is 2. The molecule has 67 heavy (non-hydrogen) atoms. The summed E-state index contributed by atoms with van der Waals surface area (Å²) in [4.78, 5) is 63.5. The van der Waals surface area contributed by atoms with Gasteiger partial charge in [-0.2, -0.15) is 0 Å². The molecule has 2 aromatic carbocycles. The van der Waals surface area contributed by atoms with Gasteiger partial charge in [-0.25, -0.2) is 5.43 Å². The van der Waals surface area contributed by atoms with E-state index in [-0.39, 0.29) is 48.9 Å². The number of esters is 1. The lowest BCUT2D eigenvalue weighted by atomic mass is 9.84. The highest BCUT2D eigenvalue weighted by molar-refractivity contribution is 5.96. The van der Waals surface area contributed by atoms with E-state index in [0.29, 0.717) is 57.4 Å². The third kappa shape index (κ3) is 10.1. The number of ether oxygens (including phenoxy) is 4. The Bertz CT molecular complexity index is 2480. The Morgan fingerprint density at radius 3 is 2.57 bits per heavy atom. The number of methoxy groups -OCH3 is 1. The van der Waals surface area contributed by atoms with E-state index in [1.54, 1.807) is 32.5 Å². The fourth-order valence-electron chi connectivity index (χ4n) is 10.6. The van der Waals surface area contributed by atoms with Crippen molar-refractivity contribution in [1.29, 1.82) is 0 Å². The molecule has 3 saturated heterocycles. The number of amides is 3. The van der Waals surface area contributed by atoms with Crippen molar-refractivity contribution in [1.82, 2.24) is 30.2 Å². The van der Waals surface area contributed by atoms with Gasteiger partial charge in [-0.1, -0.05) is 39.8 Å². The van der Waals surface area contributed by atoms with Gasteiger partial charge in [-0.3, -0.25) is 29.2 Å². The second-order valence-corrected chi connectivity index (χ2v) is 20.0. The Hall–Kier alpha value is -5.35. The predicted octanol–water partition coefficient (Wildman–Crippen LogP) is 6.66. The Morgan fingerprint density at radius 1 is 1.03 bits per heavy atom. The number of fused-ring (bicyclic) bond motifs is 6. The van der Waals surface area contributed by atoms with Crippen LogP contribution in [0, 0.1) is 11.3 Å². The summed E-state index contributed by atoms with van der Waals surface area (Å²) in [5.74, 6) is -2.03. The highest BCUT2D eigenvalue weighted by atomic mass is 16.6. The summed E-state index contributed by atoms with van der Waals surface area (Å²) in [6.45, 7) is 13.8. The topological polar surface area (TPSA) is 174 Å². The molecule has 0 saturated carbocycles. The Balaban J connectivity index is 1.18. The van der Waals surface area contributed by atoms with E-state index in [1.165, 1.54) is 9.91 Å². The number of phenols is 1. The van der Waals surface area contributed by atoms with Gasteiger partial charge in [0.2, 0.25) is 5.91 Å². The summed E-state index contributed by atoms with van der Waals surface area (Å²) >= 11 is 0. The molecule has 360 valence electrons. The van der Waals surface area contributed by atoms with Crippen molar-refractivity contribution in [3.8, 4) is 28.1 Å². The summed E-state index contributed by atoms with van der Waals surface area (Å²) in [6, 6.07) is 12.7. The standard InChI is InChI=1S/C52H68N6O9/c1-9-57-41-17-16-33-27-37(41)38(47(57)36-13-10-20-53-45(36)31(4)64-8)28-52(5,6)29-66-51(63)39-14-11-21-58(55-39)49(61)40(25-32-23-34(33)26-35(59)24-32)54-48(60)46(30(2)3)56(7)50(62)44-19-18-43(67-44)42-15-12-22-65-42/h10,13,16-17,20,23-24,26-27,30-31,39-40,42-44,46,55,59H,9,11-12,14-15,18-19,21-22,25,28-29H2,1-8H3,(H,54,60)/t31-,39-,40-,42?,43?,44?,46?/m0/s1. The molecule has 4 aliphatic heterocycles. The van der Waals surface area contributed by atoms with Crippen molar-refractivity contribution in [3.63, 3.8) is 0 Å². The van der Waals surface area contributed by atoms with E-state index in [2.05, 4.69) is 54.3 Å². The zero-order chi connectivity index (χ0) is 47.7. The highest BCUT2D eigenvalue weighted by Gasteiger charge is 2.42. The van der Waals surface area contributed by atoms with Gasteiger partial charge in [-0.05, 0) is 123 Å². The Labute approximate surface area is 393 Å². The molecule has 4 aliphatic rings. The number of cyclic esters (lactones) is 1. The van der Waals surface area contributed by atoms with Crippen LogP contribution in [0.4, 0.5) is 0 Å². The zero-order valence-corrected chi connectivity index (χ0v) is 40.3. The van der Waals surface area contributed by atoms with Crippen molar-refractivity contribution in [2.45, 2.75) is 142 Å². The summed E-state index contributed by atoms with van der Waals surface area (Å²) < 4.78 is 26.3. The molecule has 7 atom stereocenters. The second-order valence-electron chi connectivity index (χ2n) is 20.0. The number of aromatic hydroxyl groups is 1.